The molecule has 0 saturated carbocycles. The number of alkyl halides is 1. The van der Waals surface area contributed by atoms with Gasteiger partial charge in [0.05, 0.1) is 6.20 Å². The largest absolute Gasteiger partial charge is 0.353 e. The van der Waals surface area contributed by atoms with E-state index in [1.54, 1.807) is 0 Å². The normalized spacial score (nSPS) is 19.2. The quantitative estimate of drug-likeness (QED) is 0.783. The van der Waals surface area contributed by atoms with E-state index in [9.17, 15) is 4.79 Å². The smallest absolute Gasteiger partial charge is 0.220 e. The van der Waals surface area contributed by atoms with Gasteiger partial charge in [0.2, 0.25) is 5.91 Å². The summed E-state index contributed by atoms with van der Waals surface area (Å²) in [5, 5.41) is 10.0. The number of amides is 1. The molecule has 1 amide bonds. The van der Waals surface area contributed by atoms with Crippen molar-refractivity contribution >= 4 is 17.5 Å². The van der Waals surface area contributed by atoms with Gasteiger partial charge in [0.1, 0.15) is 0 Å². The molecule has 0 fully saturated rings. The SMILES string of the molecule is O=C(CCCCl)NC1CCc2cn[nH]c2C1. The van der Waals surface area contributed by atoms with Gasteiger partial charge in [-0.3, -0.25) is 9.89 Å². The first-order chi connectivity index (χ1) is 7.79. The summed E-state index contributed by atoms with van der Waals surface area (Å²) in [5.74, 6) is 0.650. The molecule has 0 aromatic carbocycles. The summed E-state index contributed by atoms with van der Waals surface area (Å²) in [5.41, 5.74) is 2.44. The molecule has 1 atom stereocenters. The monoisotopic (exact) mass is 241 g/mol. The molecule has 1 aromatic rings. The van der Waals surface area contributed by atoms with Crippen molar-refractivity contribution in [3.8, 4) is 0 Å². The summed E-state index contributed by atoms with van der Waals surface area (Å²) in [6.07, 6.45) is 6.00. The lowest BCUT2D eigenvalue weighted by molar-refractivity contribution is -0.121. The van der Waals surface area contributed by atoms with Crippen molar-refractivity contribution in [2.24, 2.45) is 0 Å². The number of fused-ring (bicyclic) bond motifs is 1. The van der Waals surface area contributed by atoms with Gasteiger partial charge in [0.25, 0.3) is 0 Å². The maximum Gasteiger partial charge on any atom is 0.220 e. The number of aryl methyl sites for hydroxylation is 1. The predicted molar refractivity (Wildman–Crippen MR) is 62.5 cm³/mol. The van der Waals surface area contributed by atoms with Crippen LogP contribution in [0.4, 0.5) is 0 Å². The molecule has 0 bridgehead atoms. The molecule has 0 aliphatic heterocycles. The first-order valence-corrected chi connectivity index (χ1v) is 6.19. The van der Waals surface area contributed by atoms with Crippen molar-refractivity contribution in [1.29, 1.82) is 0 Å². The fourth-order valence-electron chi connectivity index (χ4n) is 2.06. The molecule has 1 aliphatic rings. The number of carbonyl (C=O) groups excluding carboxylic acids is 1. The van der Waals surface area contributed by atoms with Crippen molar-refractivity contribution < 1.29 is 4.79 Å². The molecule has 0 saturated heterocycles. The van der Waals surface area contributed by atoms with Gasteiger partial charge in [-0.15, -0.1) is 11.6 Å². The minimum Gasteiger partial charge on any atom is -0.353 e. The van der Waals surface area contributed by atoms with Gasteiger partial charge in [-0.25, -0.2) is 0 Å². The average Bonchev–Trinajstić information content (AvgIpc) is 2.73. The highest BCUT2D eigenvalue weighted by molar-refractivity contribution is 6.17. The Balaban J connectivity index is 1.82. The standard InChI is InChI=1S/C11H16ClN3O/c12-5-1-2-11(16)14-9-4-3-8-7-13-15-10(8)6-9/h7,9H,1-6H2,(H,13,15)(H,14,16). The molecule has 5 heteroatoms. The second kappa shape index (κ2) is 5.34. The first-order valence-electron chi connectivity index (χ1n) is 5.66. The summed E-state index contributed by atoms with van der Waals surface area (Å²) in [7, 11) is 0. The first kappa shape index (κ1) is 11.5. The van der Waals surface area contributed by atoms with E-state index in [2.05, 4.69) is 15.5 Å². The molecule has 0 radical (unpaired) electrons. The van der Waals surface area contributed by atoms with Crippen LogP contribution in [0.1, 0.15) is 30.5 Å². The Hall–Kier alpha value is -1.03. The zero-order valence-corrected chi connectivity index (χ0v) is 9.89. The summed E-state index contributed by atoms with van der Waals surface area (Å²) in [4.78, 5) is 11.5. The minimum atomic E-state index is 0.105. The Morgan fingerprint density at radius 3 is 3.38 bits per heavy atom. The number of hydrogen-bond acceptors (Lipinski definition) is 2. The van der Waals surface area contributed by atoms with E-state index in [1.165, 1.54) is 5.56 Å². The molecule has 1 aliphatic carbocycles. The number of hydrogen-bond donors (Lipinski definition) is 2. The number of carbonyl (C=O) groups is 1. The number of aromatic nitrogens is 2. The van der Waals surface area contributed by atoms with Gasteiger partial charge in [-0.05, 0) is 24.8 Å². The second-order valence-electron chi connectivity index (χ2n) is 4.17. The lowest BCUT2D eigenvalue weighted by Crippen LogP contribution is -2.38. The van der Waals surface area contributed by atoms with Crippen LogP contribution < -0.4 is 5.32 Å². The predicted octanol–water partition coefficient (Wildman–Crippen LogP) is 1.40. The fourth-order valence-corrected chi connectivity index (χ4v) is 2.19. The summed E-state index contributed by atoms with van der Waals surface area (Å²) < 4.78 is 0. The van der Waals surface area contributed by atoms with Gasteiger partial charge >= 0.3 is 0 Å². The zero-order valence-electron chi connectivity index (χ0n) is 9.13. The van der Waals surface area contributed by atoms with E-state index < -0.39 is 0 Å². The van der Waals surface area contributed by atoms with Crippen molar-refractivity contribution in [3.63, 3.8) is 0 Å². The lowest BCUT2D eigenvalue weighted by atomic mass is 9.93. The van der Waals surface area contributed by atoms with Gasteiger partial charge < -0.3 is 5.32 Å². The third-order valence-electron chi connectivity index (χ3n) is 2.92. The number of halogens is 1. The van der Waals surface area contributed by atoms with Gasteiger partial charge in [-0.2, -0.15) is 5.10 Å². The molecule has 4 nitrogen and oxygen atoms in total. The van der Waals surface area contributed by atoms with Crippen molar-refractivity contribution in [1.82, 2.24) is 15.5 Å². The highest BCUT2D eigenvalue weighted by Crippen LogP contribution is 2.18. The summed E-state index contributed by atoms with van der Waals surface area (Å²) in [6.45, 7) is 0. The van der Waals surface area contributed by atoms with E-state index in [-0.39, 0.29) is 11.9 Å². The maximum atomic E-state index is 11.5. The van der Waals surface area contributed by atoms with E-state index in [0.29, 0.717) is 12.3 Å². The molecule has 2 N–H and O–H groups in total. The van der Waals surface area contributed by atoms with Crippen LogP contribution in [0.25, 0.3) is 0 Å². The highest BCUT2D eigenvalue weighted by Gasteiger charge is 2.21. The van der Waals surface area contributed by atoms with Crippen LogP contribution in [-0.4, -0.2) is 28.0 Å². The Labute approximate surface area is 99.8 Å². The van der Waals surface area contributed by atoms with Crippen molar-refractivity contribution in [3.05, 3.63) is 17.5 Å². The highest BCUT2D eigenvalue weighted by atomic mass is 35.5. The van der Waals surface area contributed by atoms with Crippen LogP contribution in [0.5, 0.6) is 0 Å². The lowest BCUT2D eigenvalue weighted by Gasteiger charge is -2.22. The molecule has 1 aromatic heterocycles. The second-order valence-corrected chi connectivity index (χ2v) is 4.55. The molecular weight excluding hydrogens is 226 g/mol. The van der Waals surface area contributed by atoms with Crippen LogP contribution in [-0.2, 0) is 17.6 Å². The van der Waals surface area contributed by atoms with Crippen LogP contribution in [0.15, 0.2) is 6.20 Å². The van der Waals surface area contributed by atoms with Gasteiger partial charge in [-0.1, -0.05) is 0 Å². The van der Waals surface area contributed by atoms with Crippen LogP contribution in [0.2, 0.25) is 0 Å². The fraction of sp³-hybridized carbons (Fsp3) is 0.636. The molecule has 16 heavy (non-hydrogen) atoms. The minimum absolute atomic E-state index is 0.105. The Morgan fingerprint density at radius 1 is 1.69 bits per heavy atom. The van der Waals surface area contributed by atoms with Gasteiger partial charge in [0.15, 0.2) is 0 Å². The van der Waals surface area contributed by atoms with Crippen LogP contribution in [0.3, 0.4) is 0 Å². The molecule has 0 spiro atoms. The molecule has 1 unspecified atom stereocenters. The van der Waals surface area contributed by atoms with E-state index >= 15 is 0 Å². The third kappa shape index (κ3) is 2.76. The van der Waals surface area contributed by atoms with Crippen LogP contribution >= 0.6 is 11.6 Å². The molecule has 1 heterocycles. The Kier molecular flexibility index (Phi) is 3.83. The van der Waals surface area contributed by atoms with Gasteiger partial charge in [0, 0.05) is 30.5 Å². The maximum absolute atomic E-state index is 11.5. The van der Waals surface area contributed by atoms with E-state index in [0.717, 1.165) is 31.4 Å². The van der Waals surface area contributed by atoms with Crippen molar-refractivity contribution in [2.45, 2.75) is 38.1 Å². The molecule has 88 valence electrons. The van der Waals surface area contributed by atoms with Crippen LogP contribution in [0, 0.1) is 0 Å². The third-order valence-corrected chi connectivity index (χ3v) is 3.19. The van der Waals surface area contributed by atoms with E-state index in [4.69, 9.17) is 11.6 Å². The number of rotatable bonds is 4. The Bertz CT molecular complexity index is 364. The summed E-state index contributed by atoms with van der Waals surface area (Å²) >= 11 is 5.55. The average molecular weight is 242 g/mol. The molecular formula is C11H16ClN3O. The topological polar surface area (TPSA) is 57.8 Å². The Morgan fingerprint density at radius 2 is 2.56 bits per heavy atom. The van der Waals surface area contributed by atoms with E-state index in [1.807, 2.05) is 6.20 Å². The number of nitrogens with zero attached hydrogens (tertiary/aromatic N) is 1. The number of aromatic amines is 1. The molecule has 2 rings (SSSR count). The summed E-state index contributed by atoms with van der Waals surface area (Å²) in [6, 6.07) is 0.246. The number of nitrogens with one attached hydrogen (secondary N) is 2. The zero-order chi connectivity index (χ0) is 11.4. The van der Waals surface area contributed by atoms with Crippen molar-refractivity contribution in [2.75, 3.05) is 5.88 Å². The number of H-pyrrole nitrogens is 1.